The van der Waals surface area contributed by atoms with Crippen LogP contribution in [0.25, 0.3) is 0 Å². The summed E-state index contributed by atoms with van der Waals surface area (Å²) in [5.41, 5.74) is 1.72. The Balaban J connectivity index is 1.47. The van der Waals surface area contributed by atoms with Gasteiger partial charge in [0.25, 0.3) is 17.7 Å². The number of rotatable bonds is 8. The number of fused-ring (bicyclic) bond motifs is 2. The van der Waals surface area contributed by atoms with Gasteiger partial charge in [0, 0.05) is 4.88 Å². The topological polar surface area (TPSA) is 119 Å². The molecule has 0 radical (unpaired) electrons. The van der Waals surface area contributed by atoms with Gasteiger partial charge in [0.05, 0.1) is 23.3 Å². The molecule has 1 aliphatic carbocycles. The summed E-state index contributed by atoms with van der Waals surface area (Å²) in [5.74, 6) is -3.09. The van der Waals surface area contributed by atoms with E-state index in [0.717, 1.165) is 34.6 Å². The Morgan fingerprint density at radius 1 is 1.11 bits per heavy atom. The zero-order valence-electron chi connectivity index (χ0n) is 21.3. The van der Waals surface area contributed by atoms with Crippen molar-refractivity contribution in [2.75, 3.05) is 18.5 Å². The highest BCUT2D eigenvalue weighted by Crippen LogP contribution is 2.40. The van der Waals surface area contributed by atoms with Crippen molar-refractivity contribution in [3.8, 4) is 0 Å². The average Bonchev–Trinajstić information content (AvgIpc) is 3.32. The lowest BCUT2D eigenvalue weighted by Crippen LogP contribution is -2.49. The first kappa shape index (κ1) is 26.5. The molecule has 1 aliphatic heterocycles. The van der Waals surface area contributed by atoms with Crippen molar-refractivity contribution in [2.45, 2.75) is 53.0 Å². The molecule has 0 bridgehead atoms. The maximum absolute atomic E-state index is 13.0. The largest absolute Gasteiger partial charge is 0.462 e. The Bertz CT molecular complexity index is 1230. The number of thiophene rings is 1. The van der Waals surface area contributed by atoms with E-state index >= 15 is 0 Å². The van der Waals surface area contributed by atoms with E-state index in [4.69, 9.17) is 9.47 Å². The zero-order chi connectivity index (χ0) is 26.9. The van der Waals surface area contributed by atoms with Crippen molar-refractivity contribution in [1.29, 1.82) is 0 Å². The van der Waals surface area contributed by atoms with Crippen LogP contribution in [0.5, 0.6) is 0 Å². The Morgan fingerprint density at radius 2 is 1.76 bits per heavy atom. The van der Waals surface area contributed by atoms with Gasteiger partial charge in [-0.1, -0.05) is 32.9 Å². The van der Waals surface area contributed by atoms with Gasteiger partial charge < -0.3 is 14.8 Å². The normalized spacial score (nSPS) is 17.3. The summed E-state index contributed by atoms with van der Waals surface area (Å²) in [6, 6.07) is 5.18. The van der Waals surface area contributed by atoms with Crippen LogP contribution in [0.3, 0.4) is 0 Å². The first-order chi connectivity index (χ1) is 17.6. The van der Waals surface area contributed by atoms with Crippen LogP contribution in [-0.4, -0.2) is 53.8 Å². The third-order valence-electron chi connectivity index (χ3n) is 6.57. The molecule has 4 rings (SSSR count). The van der Waals surface area contributed by atoms with E-state index in [-0.39, 0.29) is 17.7 Å². The quantitative estimate of drug-likeness (QED) is 0.410. The second-order valence-corrected chi connectivity index (χ2v) is 10.8. The number of nitrogens with zero attached hydrogens (tertiary/aromatic N) is 1. The molecule has 2 aromatic rings. The number of imide groups is 1. The Hall–Kier alpha value is -3.53. The van der Waals surface area contributed by atoms with Crippen LogP contribution in [0.15, 0.2) is 24.3 Å². The van der Waals surface area contributed by atoms with Crippen LogP contribution >= 0.6 is 11.3 Å². The Kier molecular flexibility index (Phi) is 7.77. The molecule has 1 aromatic carbocycles. The first-order valence-electron chi connectivity index (χ1n) is 12.4. The highest BCUT2D eigenvalue weighted by molar-refractivity contribution is 7.17. The van der Waals surface area contributed by atoms with Crippen molar-refractivity contribution >= 4 is 46.0 Å². The number of hydrogen-bond acceptors (Lipinski definition) is 8. The minimum atomic E-state index is -1.19. The number of hydrogen-bond donors (Lipinski definition) is 1. The highest BCUT2D eigenvalue weighted by Gasteiger charge is 2.44. The molecule has 1 N–H and O–H groups in total. The van der Waals surface area contributed by atoms with Gasteiger partial charge >= 0.3 is 11.9 Å². The smallest absolute Gasteiger partial charge is 0.341 e. The molecule has 196 valence electrons. The summed E-state index contributed by atoms with van der Waals surface area (Å²) >= 11 is 1.34. The van der Waals surface area contributed by atoms with Crippen LogP contribution in [0.1, 0.15) is 75.6 Å². The van der Waals surface area contributed by atoms with E-state index in [0.29, 0.717) is 16.5 Å². The SMILES string of the molecule is CCOC(=O)c1c(NC(=O)COC(=O)[C@H](C(C)C)N2C(=O)c3ccccc3C2=O)sc2c1CC[C@@H](C)C2. The van der Waals surface area contributed by atoms with E-state index < -0.39 is 48.2 Å². The maximum atomic E-state index is 13.0. The first-order valence-corrected chi connectivity index (χ1v) is 13.2. The molecule has 0 spiro atoms. The summed E-state index contributed by atoms with van der Waals surface area (Å²) in [6.07, 6.45) is 2.48. The van der Waals surface area contributed by atoms with Gasteiger partial charge in [-0.25, -0.2) is 9.59 Å². The second kappa shape index (κ2) is 10.8. The fraction of sp³-hybridized carbons (Fsp3) is 0.444. The summed E-state index contributed by atoms with van der Waals surface area (Å²) in [4.78, 5) is 66.2. The van der Waals surface area contributed by atoms with Gasteiger partial charge in [-0.15, -0.1) is 11.3 Å². The molecule has 9 nitrogen and oxygen atoms in total. The molecule has 37 heavy (non-hydrogen) atoms. The van der Waals surface area contributed by atoms with E-state index in [1.54, 1.807) is 32.9 Å². The van der Waals surface area contributed by atoms with Crippen LogP contribution in [0.2, 0.25) is 0 Å². The van der Waals surface area contributed by atoms with E-state index in [1.165, 1.54) is 23.5 Å². The predicted octanol–water partition coefficient (Wildman–Crippen LogP) is 3.85. The monoisotopic (exact) mass is 526 g/mol. The van der Waals surface area contributed by atoms with Gasteiger partial charge in [0.15, 0.2) is 6.61 Å². The van der Waals surface area contributed by atoms with Crippen LogP contribution < -0.4 is 5.32 Å². The minimum Gasteiger partial charge on any atom is -0.462 e. The molecule has 0 unspecified atom stereocenters. The fourth-order valence-corrected chi connectivity index (χ4v) is 6.19. The molecule has 2 heterocycles. The van der Waals surface area contributed by atoms with Crippen molar-refractivity contribution < 1.29 is 33.4 Å². The lowest BCUT2D eigenvalue weighted by molar-refractivity contribution is -0.152. The molecule has 0 saturated heterocycles. The number of anilines is 1. The number of benzene rings is 1. The molecule has 0 fully saturated rings. The third kappa shape index (κ3) is 5.16. The van der Waals surface area contributed by atoms with Crippen molar-refractivity contribution in [2.24, 2.45) is 11.8 Å². The molecule has 2 atom stereocenters. The predicted molar refractivity (Wildman–Crippen MR) is 137 cm³/mol. The van der Waals surface area contributed by atoms with E-state index in [2.05, 4.69) is 12.2 Å². The molecule has 10 heteroatoms. The number of carbonyl (C=O) groups excluding carboxylic acids is 5. The number of esters is 2. The molecule has 3 amide bonds. The molecule has 0 saturated carbocycles. The number of nitrogens with one attached hydrogen (secondary N) is 1. The molecular weight excluding hydrogens is 496 g/mol. The van der Waals surface area contributed by atoms with E-state index in [1.807, 2.05) is 0 Å². The minimum absolute atomic E-state index is 0.208. The summed E-state index contributed by atoms with van der Waals surface area (Å²) in [7, 11) is 0. The maximum Gasteiger partial charge on any atom is 0.341 e. The van der Waals surface area contributed by atoms with Gasteiger partial charge in [0.2, 0.25) is 0 Å². The summed E-state index contributed by atoms with van der Waals surface area (Å²) in [5, 5.41) is 3.08. The summed E-state index contributed by atoms with van der Waals surface area (Å²) in [6.45, 7) is 6.82. The van der Waals surface area contributed by atoms with Crippen molar-refractivity contribution in [3.05, 3.63) is 51.4 Å². The summed E-state index contributed by atoms with van der Waals surface area (Å²) < 4.78 is 10.5. The van der Waals surface area contributed by atoms with Gasteiger partial charge in [0.1, 0.15) is 11.0 Å². The lowest BCUT2D eigenvalue weighted by atomic mass is 9.88. The zero-order valence-corrected chi connectivity index (χ0v) is 22.1. The van der Waals surface area contributed by atoms with Gasteiger partial charge in [-0.2, -0.15) is 0 Å². The number of amides is 3. The average molecular weight is 527 g/mol. The van der Waals surface area contributed by atoms with Gasteiger partial charge in [-0.3, -0.25) is 19.3 Å². The van der Waals surface area contributed by atoms with Crippen LogP contribution in [-0.2, 0) is 31.9 Å². The molecule has 1 aromatic heterocycles. The fourth-order valence-electron chi connectivity index (χ4n) is 4.78. The number of carbonyl (C=O) groups is 5. The van der Waals surface area contributed by atoms with Gasteiger partial charge in [-0.05, 0) is 55.7 Å². The molecular formula is C27H30N2O7S. The van der Waals surface area contributed by atoms with Crippen LogP contribution in [0, 0.1) is 11.8 Å². The standard InChI is InChI=1S/C27H30N2O7S/c1-5-35-26(33)21-18-11-10-15(4)12-19(18)37-23(21)28-20(30)13-36-27(34)22(14(2)3)29-24(31)16-8-6-7-9-17(16)25(29)32/h6-9,14-15,22H,5,10-13H2,1-4H3,(H,28,30)/t15-,22+/m1/s1. The Morgan fingerprint density at radius 3 is 2.35 bits per heavy atom. The molecule has 2 aliphatic rings. The highest BCUT2D eigenvalue weighted by atomic mass is 32.1. The second-order valence-electron chi connectivity index (χ2n) is 9.65. The Labute approximate surface area is 219 Å². The lowest BCUT2D eigenvalue weighted by Gasteiger charge is -2.27. The van der Waals surface area contributed by atoms with Crippen LogP contribution in [0.4, 0.5) is 5.00 Å². The number of ether oxygens (including phenoxy) is 2. The van der Waals surface area contributed by atoms with E-state index in [9.17, 15) is 24.0 Å². The third-order valence-corrected chi connectivity index (χ3v) is 7.74. The van der Waals surface area contributed by atoms with Crippen molar-refractivity contribution in [1.82, 2.24) is 4.90 Å². The van der Waals surface area contributed by atoms with Crippen molar-refractivity contribution in [3.63, 3.8) is 0 Å².